The Morgan fingerprint density at radius 1 is 1.08 bits per heavy atom. The molecule has 3 N–H and O–H groups in total. The van der Waals surface area contributed by atoms with Gasteiger partial charge in [-0.05, 0) is 38.1 Å². The Hall–Kier alpha value is -2.60. The molecule has 6 heteroatoms. The second kappa shape index (κ2) is 6.49. The number of quaternary nitrogens is 1. The molecule has 0 bridgehead atoms. The minimum absolute atomic E-state index is 0.193. The number of aromatic amines is 1. The Kier molecular flexibility index (Phi) is 4.40. The van der Waals surface area contributed by atoms with Crippen molar-refractivity contribution in [3.05, 3.63) is 75.8 Å². The van der Waals surface area contributed by atoms with Crippen LogP contribution in [0.4, 0.5) is 8.78 Å². The van der Waals surface area contributed by atoms with Crippen molar-refractivity contribution < 1.29 is 14.1 Å². The monoisotopic (exact) mass is 330 g/mol. The van der Waals surface area contributed by atoms with Crippen LogP contribution < -0.4 is 10.9 Å². The lowest BCUT2D eigenvalue weighted by Gasteiger charge is -2.17. The Balaban J connectivity index is 1.86. The molecular weight excluding hydrogens is 312 g/mol. The molecule has 0 aliphatic heterocycles. The smallest absolute Gasteiger partial charge is 0.258 e. The maximum atomic E-state index is 13.9. The summed E-state index contributed by atoms with van der Waals surface area (Å²) >= 11 is 0. The van der Waals surface area contributed by atoms with E-state index in [2.05, 4.69) is 9.97 Å². The number of para-hydroxylation sites is 1. The molecule has 24 heavy (non-hydrogen) atoms. The molecule has 0 saturated carbocycles. The van der Waals surface area contributed by atoms with Crippen LogP contribution in [0.25, 0.3) is 10.9 Å². The number of aromatic nitrogens is 2. The van der Waals surface area contributed by atoms with Gasteiger partial charge in [0.05, 0.1) is 10.9 Å². The predicted molar refractivity (Wildman–Crippen MR) is 87.5 cm³/mol. The highest BCUT2D eigenvalue weighted by Crippen LogP contribution is 2.16. The number of hydrogen-bond donors (Lipinski definition) is 2. The van der Waals surface area contributed by atoms with E-state index in [1.807, 2.05) is 25.2 Å². The van der Waals surface area contributed by atoms with Gasteiger partial charge in [-0.1, -0.05) is 12.1 Å². The molecule has 2 aromatic carbocycles. The number of rotatable bonds is 4. The summed E-state index contributed by atoms with van der Waals surface area (Å²) in [5.74, 6) is -0.656. The van der Waals surface area contributed by atoms with Gasteiger partial charge in [0.1, 0.15) is 23.7 Å². The van der Waals surface area contributed by atoms with Crippen molar-refractivity contribution >= 4 is 10.9 Å². The van der Waals surface area contributed by atoms with Gasteiger partial charge in [0, 0.05) is 11.6 Å². The Morgan fingerprint density at radius 3 is 2.58 bits per heavy atom. The van der Waals surface area contributed by atoms with Crippen LogP contribution in [0.1, 0.15) is 37.3 Å². The van der Waals surface area contributed by atoms with Crippen molar-refractivity contribution in [2.45, 2.75) is 25.9 Å². The van der Waals surface area contributed by atoms with Crippen LogP contribution in [0, 0.1) is 11.6 Å². The van der Waals surface area contributed by atoms with Crippen LogP contribution in [0.3, 0.4) is 0 Å². The van der Waals surface area contributed by atoms with Gasteiger partial charge < -0.3 is 10.3 Å². The van der Waals surface area contributed by atoms with Gasteiger partial charge in [0.15, 0.2) is 5.82 Å². The van der Waals surface area contributed by atoms with Gasteiger partial charge in [-0.2, -0.15) is 0 Å². The van der Waals surface area contributed by atoms with Gasteiger partial charge in [-0.25, -0.2) is 13.8 Å². The SMILES string of the molecule is C[C@@H]([NH2+][C@H](C)c1ccc(F)cc1F)c1nc2ccccc2c(=O)[nH]1. The molecule has 1 aromatic heterocycles. The summed E-state index contributed by atoms with van der Waals surface area (Å²) < 4.78 is 26.9. The van der Waals surface area contributed by atoms with E-state index in [4.69, 9.17) is 0 Å². The molecule has 0 unspecified atom stereocenters. The molecule has 0 saturated heterocycles. The van der Waals surface area contributed by atoms with Crippen molar-refractivity contribution in [3.63, 3.8) is 0 Å². The molecule has 0 amide bonds. The van der Waals surface area contributed by atoms with Gasteiger partial charge >= 0.3 is 0 Å². The molecule has 2 atom stereocenters. The van der Waals surface area contributed by atoms with Crippen molar-refractivity contribution in [3.8, 4) is 0 Å². The molecule has 1 heterocycles. The lowest BCUT2D eigenvalue weighted by atomic mass is 10.1. The molecule has 0 radical (unpaired) electrons. The molecule has 0 aliphatic carbocycles. The predicted octanol–water partition coefficient (Wildman–Crippen LogP) is 2.59. The highest BCUT2D eigenvalue weighted by molar-refractivity contribution is 5.77. The number of hydrogen-bond acceptors (Lipinski definition) is 2. The largest absolute Gasteiger partial charge is 0.332 e. The third-order valence-corrected chi connectivity index (χ3v) is 4.09. The first-order chi connectivity index (χ1) is 11.5. The summed E-state index contributed by atoms with van der Waals surface area (Å²) in [6, 6.07) is 10.2. The fraction of sp³-hybridized carbons (Fsp3) is 0.222. The quantitative estimate of drug-likeness (QED) is 0.772. The number of fused-ring (bicyclic) bond motifs is 1. The zero-order valence-electron chi connectivity index (χ0n) is 13.4. The number of benzene rings is 2. The highest BCUT2D eigenvalue weighted by Gasteiger charge is 2.20. The molecule has 124 valence electrons. The molecule has 0 fully saturated rings. The van der Waals surface area contributed by atoms with E-state index in [9.17, 15) is 13.6 Å². The average molecular weight is 330 g/mol. The minimum atomic E-state index is -0.600. The summed E-state index contributed by atoms with van der Waals surface area (Å²) in [4.78, 5) is 19.4. The number of nitrogens with two attached hydrogens (primary N) is 1. The standard InChI is InChI=1S/C18H17F2N3O/c1-10(13-8-7-12(19)9-15(13)20)21-11(2)17-22-16-6-4-3-5-14(16)18(24)23-17/h3-11,21H,1-2H3,(H,22,23,24)/p+1/t10-,11-/m1/s1. The minimum Gasteiger partial charge on any atom is -0.332 e. The lowest BCUT2D eigenvalue weighted by Crippen LogP contribution is -2.85. The first kappa shape index (κ1) is 16.3. The van der Waals surface area contributed by atoms with Crippen LogP contribution >= 0.6 is 0 Å². The summed E-state index contributed by atoms with van der Waals surface area (Å²) in [5.41, 5.74) is 0.833. The van der Waals surface area contributed by atoms with E-state index in [1.165, 1.54) is 12.1 Å². The summed E-state index contributed by atoms with van der Waals surface area (Å²) in [6.07, 6.45) is 0. The second-order valence-electron chi connectivity index (χ2n) is 5.90. The Bertz CT molecular complexity index is 939. The fourth-order valence-electron chi connectivity index (χ4n) is 2.82. The zero-order valence-corrected chi connectivity index (χ0v) is 13.4. The summed E-state index contributed by atoms with van der Waals surface area (Å²) in [7, 11) is 0. The number of H-pyrrole nitrogens is 1. The number of halogens is 2. The van der Waals surface area contributed by atoms with E-state index in [0.717, 1.165) is 6.07 Å². The van der Waals surface area contributed by atoms with Crippen LogP contribution in [-0.4, -0.2) is 9.97 Å². The Labute approximate surface area is 137 Å². The molecular formula is C18H18F2N3O+. The molecule has 0 aliphatic rings. The molecule has 4 nitrogen and oxygen atoms in total. The van der Waals surface area contributed by atoms with Crippen LogP contribution in [-0.2, 0) is 0 Å². The van der Waals surface area contributed by atoms with Gasteiger partial charge in [0.25, 0.3) is 5.56 Å². The van der Waals surface area contributed by atoms with Gasteiger partial charge in [-0.3, -0.25) is 4.79 Å². The highest BCUT2D eigenvalue weighted by atomic mass is 19.1. The van der Waals surface area contributed by atoms with Crippen LogP contribution in [0.15, 0.2) is 47.3 Å². The first-order valence-electron chi connectivity index (χ1n) is 7.74. The Morgan fingerprint density at radius 2 is 1.83 bits per heavy atom. The lowest BCUT2D eigenvalue weighted by molar-refractivity contribution is -0.729. The van der Waals surface area contributed by atoms with E-state index in [1.54, 1.807) is 18.2 Å². The third kappa shape index (κ3) is 3.19. The van der Waals surface area contributed by atoms with Gasteiger partial charge in [-0.15, -0.1) is 0 Å². The van der Waals surface area contributed by atoms with Gasteiger partial charge in [0.2, 0.25) is 0 Å². The zero-order chi connectivity index (χ0) is 17.3. The van der Waals surface area contributed by atoms with E-state index >= 15 is 0 Å². The average Bonchev–Trinajstić information content (AvgIpc) is 2.54. The maximum Gasteiger partial charge on any atom is 0.258 e. The molecule has 3 rings (SSSR count). The number of nitrogens with one attached hydrogen (secondary N) is 1. The topological polar surface area (TPSA) is 62.4 Å². The third-order valence-electron chi connectivity index (χ3n) is 4.09. The summed E-state index contributed by atoms with van der Waals surface area (Å²) in [5, 5.41) is 2.41. The molecule has 3 aromatic rings. The van der Waals surface area contributed by atoms with Crippen molar-refractivity contribution in [1.29, 1.82) is 0 Å². The van der Waals surface area contributed by atoms with E-state index in [0.29, 0.717) is 22.3 Å². The fourth-order valence-corrected chi connectivity index (χ4v) is 2.82. The summed E-state index contributed by atoms with van der Waals surface area (Å²) in [6.45, 7) is 3.71. The first-order valence-corrected chi connectivity index (χ1v) is 7.74. The second-order valence-corrected chi connectivity index (χ2v) is 5.90. The van der Waals surface area contributed by atoms with Crippen LogP contribution in [0.5, 0.6) is 0 Å². The molecule has 0 spiro atoms. The normalized spacial score (nSPS) is 13.8. The van der Waals surface area contributed by atoms with Crippen molar-refractivity contribution in [2.75, 3.05) is 0 Å². The maximum absolute atomic E-state index is 13.9. The van der Waals surface area contributed by atoms with E-state index in [-0.39, 0.29) is 17.6 Å². The number of nitrogens with zero attached hydrogens (tertiary/aromatic N) is 1. The van der Waals surface area contributed by atoms with Crippen LogP contribution in [0.2, 0.25) is 0 Å². The van der Waals surface area contributed by atoms with E-state index < -0.39 is 11.6 Å². The van der Waals surface area contributed by atoms with Crippen molar-refractivity contribution in [1.82, 2.24) is 9.97 Å². The van der Waals surface area contributed by atoms with Crippen molar-refractivity contribution in [2.24, 2.45) is 0 Å².